The first-order chi connectivity index (χ1) is 14.5. The van der Waals surface area contributed by atoms with Crippen LogP contribution < -0.4 is 15.1 Å². The van der Waals surface area contributed by atoms with E-state index in [9.17, 15) is 9.59 Å². The first-order valence-electron chi connectivity index (χ1n) is 9.33. The van der Waals surface area contributed by atoms with Crippen LogP contribution in [0.3, 0.4) is 0 Å². The normalized spacial score (nSPS) is 17.2. The Hall–Kier alpha value is -3.25. The van der Waals surface area contributed by atoms with Gasteiger partial charge in [0.2, 0.25) is 6.10 Å². The molecule has 2 atom stereocenters. The van der Waals surface area contributed by atoms with E-state index in [2.05, 4.69) is 0 Å². The summed E-state index contributed by atoms with van der Waals surface area (Å²) in [4.78, 5) is 25.1. The van der Waals surface area contributed by atoms with E-state index in [1.807, 2.05) is 24.3 Å². The molecule has 6 nitrogen and oxygen atoms in total. The number of hydrogen-bond donors (Lipinski definition) is 0. The minimum absolute atomic E-state index is 0.276. The van der Waals surface area contributed by atoms with Crippen LogP contribution in [-0.4, -0.2) is 19.2 Å². The van der Waals surface area contributed by atoms with Gasteiger partial charge in [-0.1, -0.05) is 41.9 Å². The molecule has 1 aliphatic heterocycles. The minimum Gasteiger partial charge on any atom is -0.489 e. The first kappa shape index (κ1) is 20.0. The second-order valence-electron chi connectivity index (χ2n) is 6.91. The minimum atomic E-state index is -1.02. The van der Waals surface area contributed by atoms with Crippen molar-refractivity contribution in [3.8, 4) is 11.5 Å². The molecule has 1 aliphatic rings. The molecular formula is C23H19ClO6. The highest BCUT2D eigenvalue weighted by Crippen LogP contribution is 2.44. The molecule has 0 saturated heterocycles. The Morgan fingerprint density at radius 1 is 1.13 bits per heavy atom. The molecule has 4 rings (SSSR count). The predicted molar refractivity (Wildman–Crippen MR) is 110 cm³/mol. The van der Waals surface area contributed by atoms with Gasteiger partial charge in [0.1, 0.15) is 23.9 Å². The molecule has 154 valence electrons. The van der Waals surface area contributed by atoms with Gasteiger partial charge in [-0.25, -0.2) is 9.59 Å². The van der Waals surface area contributed by atoms with Gasteiger partial charge in [0.05, 0.1) is 18.6 Å². The molecule has 2 aromatic carbocycles. The number of rotatable bonds is 5. The smallest absolute Gasteiger partial charge is 0.348 e. The Morgan fingerprint density at radius 3 is 2.60 bits per heavy atom. The molecule has 0 aliphatic carbocycles. The standard InChI is InChI=1S/C23H19ClO6/c1-13-11-18-20(22(25)29-13)19(21(30-18)23(26)27-2)16-5-3-4-6-17(16)28-12-14-7-9-15(24)10-8-14/h3-11,19,21H,12H2,1-2H3/t19-,21+/m0/s1. The maximum Gasteiger partial charge on any atom is 0.348 e. The topological polar surface area (TPSA) is 75.0 Å². The zero-order valence-electron chi connectivity index (χ0n) is 16.4. The molecule has 0 unspecified atom stereocenters. The third-order valence-electron chi connectivity index (χ3n) is 4.94. The van der Waals surface area contributed by atoms with Gasteiger partial charge in [-0.15, -0.1) is 0 Å². The number of benzene rings is 2. The Morgan fingerprint density at radius 2 is 1.87 bits per heavy atom. The van der Waals surface area contributed by atoms with Crippen molar-refractivity contribution in [2.75, 3.05) is 7.11 Å². The van der Waals surface area contributed by atoms with Crippen molar-refractivity contribution >= 4 is 17.6 Å². The number of aryl methyl sites for hydroxylation is 1. The zero-order valence-corrected chi connectivity index (χ0v) is 17.1. The van der Waals surface area contributed by atoms with Crippen LogP contribution in [0.5, 0.6) is 11.5 Å². The van der Waals surface area contributed by atoms with Gasteiger partial charge >= 0.3 is 11.6 Å². The second-order valence-corrected chi connectivity index (χ2v) is 7.35. The van der Waals surface area contributed by atoms with Crippen LogP contribution in [0.15, 0.2) is 63.8 Å². The zero-order chi connectivity index (χ0) is 21.3. The van der Waals surface area contributed by atoms with Crippen molar-refractivity contribution in [3.63, 3.8) is 0 Å². The van der Waals surface area contributed by atoms with Gasteiger partial charge in [-0.05, 0) is 30.7 Å². The maximum absolute atomic E-state index is 12.6. The van der Waals surface area contributed by atoms with Crippen molar-refractivity contribution in [1.82, 2.24) is 0 Å². The van der Waals surface area contributed by atoms with Crippen LogP contribution in [0, 0.1) is 6.92 Å². The van der Waals surface area contributed by atoms with Crippen LogP contribution in [0.2, 0.25) is 5.02 Å². The molecule has 0 N–H and O–H groups in total. The largest absolute Gasteiger partial charge is 0.489 e. The van der Waals surface area contributed by atoms with Gasteiger partial charge in [0, 0.05) is 16.7 Å². The molecule has 0 spiro atoms. The van der Waals surface area contributed by atoms with E-state index in [0.29, 0.717) is 34.5 Å². The molecule has 7 heteroatoms. The van der Waals surface area contributed by atoms with E-state index in [1.54, 1.807) is 37.3 Å². The molecule has 2 heterocycles. The Labute approximate surface area is 178 Å². The third-order valence-corrected chi connectivity index (χ3v) is 5.19. The lowest BCUT2D eigenvalue weighted by atomic mass is 9.88. The number of fused-ring (bicyclic) bond motifs is 1. The van der Waals surface area contributed by atoms with Gasteiger partial charge in [-0.3, -0.25) is 0 Å². The number of ether oxygens (including phenoxy) is 3. The fourth-order valence-corrected chi connectivity index (χ4v) is 3.68. The highest BCUT2D eigenvalue weighted by atomic mass is 35.5. The number of esters is 1. The summed E-state index contributed by atoms with van der Waals surface area (Å²) >= 11 is 5.94. The number of para-hydroxylation sites is 1. The lowest BCUT2D eigenvalue weighted by molar-refractivity contribution is -0.148. The Bertz CT molecular complexity index is 1140. The fraction of sp³-hybridized carbons (Fsp3) is 0.217. The van der Waals surface area contributed by atoms with E-state index in [0.717, 1.165) is 5.56 Å². The lowest BCUT2D eigenvalue weighted by Gasteiger charge is -2.20. The van der Waals surface area contributed by atoms with Crippen LogP contribution in [0.1, 0.15) is 28.4 Å². The molecular weight excluding hydrogens is 408 g/mol. The Kier molecular flexibility index (Phi) is 5.50. The van der Waals surface area contributed by atoms with Crippen LogP contribution in [-0.2, 0) is 16.1 Å². The monoisotopic (exact) mass is 426 g/mol. The lowest BCUT2D eigenvalue weighted by Crippen LogP contribution is -2.32. The molecule has 3 aromatic rings. The predicted octanol–water partition coefficient (Wildman–Crippen LogP) is 4.25. The van der Waals surface area contributed by atoms with Crippen molar-refractivity contribution in [2.24, 2.45) is 0 Å². The molecule has 0 radical (unpaired) electrons. The highest BCUT2D eigenvalue weighted by Gasteiger charge is 2.45. The highest BCUT2D eigenvalue weighted by molar-refractivity contribution is 6.30. The van der Waals surface area contributed by atoms with Gasteiger partial charge in [-0.2, -0.15) is 0 Å². The van der Waals surface area contributed by atoms with Crippen molar-refractivity contribution in [2.45, 2.75) is 25.6 Å². The summed E-state index contributed by atoms with van der Waals surface area (Å²) in [5, 5.41) is 0.641. The number of halogens is 1. The van der Waals surface area contributed by atoms with E-state index in [4.69, 9.17) is 30.2 Å². The quantitative estimate of drug-likeness (QED) is 0.568. The summed E-state index contributed by atoms with van der Waals surface area (Å²) < 4.78 is 22.0. The average molecular weight is 427 g/mol. The molecule has 0 amide bonds. The number of carbonyl (C=O) groups is 1. The third kappa shape index (κ3) is 3.78. The van der Waals surface area contributed by atoms with Gasteiger partial charge < -0.3 is 18.6 Å². The van der Waals surface area contributed by atoms with Gasteiger partial charge in [0.25, 0.3) is 0 Å². The molecule has 0 saturated carbocycles. The summed E-state index contributed by atoms with van der Waals surface area (Å²) in [7, 11) is 1.28. The van der Waals surface area contributed by atoms with Crippen molar-refractivity contribution in [1.29, 1.82) is 0 Å². The SMILES string of the molecule is COC(=O)[C@@H]1Oc2cc(C)oc(=O)c2[C@@H]1c1ccccc1OCc1ccc(Cl)cc1. The second kappa shape index (κ2) is 8.24. The van der Waals surface area contributed by atoms with E-state index < -0.39 is 23.6 Å². The van der Waals surface area contributed by atoms with Crippen LogP contribution in [0.4, 0.5) is 0 Å². The fourth-order valence-electron chi connectivity index (χ4n) is 3.56. The molecule has 1 aromatic heterocycles. The summed E-state index contributed by atoms with van der Waals surface area (Å²) in [6.45, 7) is 1.94. The van der Waals surface area contributed by atoms with Crippen molar-refractivity contribution in [3.05, 3.63) is 92.5 Å². The first-order valence-corrected chi connectivity index (χ1v) is 9.71. The van der Waals surface area contributed by atoms with Gasteiger partial charge in [0.15, 0.2) is 0 Å². The van der Waals surface area contributed by atoms with E-state index >= 15 is 0 Å². The summed E-state index contributed by atoms with van der Waals surface area (Å²) in [6.07, 6.45) is -1.02. The molecule has 30 heavy (non-hydrogen) atoms. The molecule has 0 bridgehead atoms. The van der Waals surface area contributed by atoms with Crippen LogP contribution >= 0.6 is 11.6 Å². The van der Waals surface area contributed by atoms with Crippen LogP contribution in [0.25, 0.3) is 0 Å². The number of hydrogen-bond acceptors (Lipinski definition) is 6. The summed E-state index contributed by atoms with van der Waals surface area (Å²) in [6, 6.07) is 16.1. The Balaban J connectivity index is 1.74. The number of carbonyl (C=O) groups excluding carboxylic acids is 1. The van der Waals surface area contributed by atoms with E-state index in [-0.39, 0.29) is 5.56 Å². The van der Waals surface area contributed by atoms with Crippen molar-refractivity contribution < 1.29 is 23.4 Å². The molecule has 0 fully saturated rings. The summed E-state index contributed by atoms with van der Waals surface area (Å²) in [5.74, 6) is -0.0544. The maximum atomic E-state index is 12.6. The average Bonchev–Trinajstić information content (AvgIpc) is 3.12. The number of methoxy groups -OCH3 is 1. The summed E-state index contributed by atoms with van der Waals surface area (Å²) in [5.41, 5.74) is 1.29. The van der Waals surface area contributed by atoms with E-state index in [1.165, 1.54) is 7.11 Å².